The Morgan fingerprint density at radius 1 is 1.27 bits per heavy atom. The van der Waals surface area contributed by atoms with Crippen molar-refractivity contribution in [3.05, 3.63) is 41.2 Å². The molecule has 0 spiro atoms. The van der Waals surface area contributed by atoms with Crippen LogP contribution in [0.5, 0.6) is 0 Å². The predicted octanol–water partition coefficient (Wildman–Crippen LogP) is 2.27. The highest BCUT2D eigenvalue weighted by molar-refractivity contribution is 5.92. The second-order valence-electron chi connectivity index (χ2n) is 6.56. The van der Waals surface area contributed by atoms with Crippen LogP contribution in [0.2, 0.25) is 0 Å². The molecular formula is C19H22N4O3. The van der Waals surface area contributed by atoms with E-state index in [1.165, 1.54) is 0 Å². The van der Waals surface area contributed by atoms with Crippen molar-refractivity contribution < 1.29 is 14.7 Å². The van der Waals surface area contributed by atoms with Gasteiger partial charge in [0.05, 0.1) is 11.4 Å². The Kier molecular flexibility index (Phi) is 4.88. The number of carbonyl (C=O) groups excluding carboxylic acids is 1. The summed E-state index contributed by atoms with van der Waals surface area (Å²) in [6, 6.07) is 7.86. The van der Waals surface area contributed by atoms with E-state index in [2.05, 4.69) is 10.4 Å². The normalized spacial score (nSPS) is 12.4. The molecule has 0 radical (unpaired) electrons. The van der Waals surface area contributed by atoms with Crippen molar-refractivity contribution in [1.82, 2.24) is 19.9 Å². The zero-order valence-corrected chi connectivity index (χ0v) is 15.1. The van der Waals surface area contributed by atoms with Crippen LogP contribution in [0.25, 0.3) is 16.6 Å². The molecule has 1 amide bonds. The van der Waals surface area contributed by atoms with Gasteiger partial charge in [-0.1, -0.05) is 19.1 Å². The van der Waals surface area contributed by atoms with Gasteiger partial charge in [-0.2, -0.15) is 5.10 Å². The zero-order chi connectivity index (χ0) is 18.8. The summed E-state index contributed by atoms with van der Waals surface area (Å²) in [4.78, 5) is 27.5. The number of carboxylic acids is 1. The molecule has 2 N–H and O–H groups in total. The number of aryl methyl sites for hydroxylation is 2. The number of fused-ring (bicyclic) bond motifs is 3. The summed E-state index contributed by atoms with van der Waals surface area (Å²) in [6.45, 7) is 5.62. The van der Waals surface area contributed by atoms with Crippen LogP contribution in [-0.2, 0) is 16.0 Å². The second kappa shape index (κ2) is 7.11. The van der Waals surface area contributed by atoms with Crippen LogP contribution in [0.3, 0.4) is 0 Å². The molecule has 2 heterocycles. The van der Waals surface area contributed by atoms with Crippen LogP contribution in [0.1, 0.15) is 30.3 Å². The number of nitrogens with one attached hydrogen (secondary N) is 1. The third-order valence-electron chi connectivity index (χ3n) is 4.65. The Hall–Kier alpha value is -2.96. The lowest BCUT2D eigenvalue weighted by Crippen LogP contribution is -2.31. The molecule has 3 rings (SSSR count). The van der Waals surface area contributed by atoms with Gasteiger partial charge in [-0.25, -0.2) is 9.50 Å². The lowest BCUT2D eigenvalue weighted by molar-refractivity contribution is -0.141. The number of benzene rings is 1. The van der Waals surface area contributed by atoms with Gasteiger partial charge in [0, 0.05) is 29.7 Å². The number of carbonyl (C=O) groups is 2. The fraction of sp³-hybridized carbons (Fsp3) is 0.368. The molecule has 26 heavy (non-hydrogen) atoms. The Morgan fingerprint density at radius 2 is 2.00 bits per heavy atom. The Morgan fingerprint density at radius 3 is 2.73 bits per heavy atom. The van der Waals surface area contributed by atoms with E-state index in [-0.39, 0.29) is 18.9 Å². The van der Waals surface area contributed by atoms with Crippen molar-refractivity contribution in [2.24, 2.45) is 5.92 Å². The summed E-state index contributed by atoms with van der Waals surface area (Å²) in [6.07, 6.45) is 0.812. The SMILES string of the molecule is Cc1nc2c3ccccc3nn2c(C)c1CCC(=O)NCC(C)C(=O)O. The molecule has 0 aliphatic carbocycles. The summed E-state index contributed by atoms with van der Waals surface area (Å²) in [5.74, 6) is -1.68. The largest absolute Gasteiger partial charge is 0.481 e. The number of hydrogen-bond donors (Lipinski definition) is 2. The van der Waals surface area contributed by atoms with Crippen LogP contribution >= 0.6 is 0 Å². The van der Waals surface area contributed by atoms with Crippen LogP contribution in [0, 0.1) is 19.8 Å². The first-order valence-corrected chi connectivity index (χ1v) is 8.61. The average Bonchev–Trinajstić information content (AvgIpc) is 2.98. The van der Waals surface area contributed by atoms with Gasteiger partial charge in [-0.05, 0) is 38.0 Å². The highest BCUT2D eigenvalue weighted by Gasteiger charge is 2.16. The summed E-state index contributed by atoms with van der Waals surface area (Å²) >= 11 is 0. The number of rotatable bonds is 6. The predicted molar refractivity (Wildman–Crippen MR) is 98.1 cm³/mol. The van der Waals surface area contributed by atoms with Crippen molar-refractivity contribution >= 4 is 28.4 Å². The number of aromatic nitrogens is 3. The van der Waals surface area contributed by atoms with E-state index >= 15 is 0 Å². The molecule has 3 aromatic rings. The fourth-order valence-corrected chi connectivity index (χ4v) is 3.02. The number of carboxylic acid groups (broad SMARTS) is 1. The van der Waals surface area contributed by atoms with Crippen molar-refractivity contribution in [2.75, 3.05) is 6.54 Å². The number of amides is 1. The molecule has 0 bridgehead atoms. The quantitative estimate of drug-likeness (QED) is 0.708. The molecule has 1 unspecified atom stereocenters. The molecule has 7 heteroatoms. The van der Waals surface area contributed by atoms with E-state index in [1.54, 1.807) is 6.92 Å². The maximum Gasteiger partial charge on any atom is 0.308 e. The lowest BCUT2D eigenvalue weighted by Gasteiger charge is -2.12. The molecule has 0 saturated carbocycles. The van der Waals surface area contributed by atoms with Crippen molar-refractivity contribution in [3.63, 3.8) is 0 Å². The Bertz CT molecular complexity index is 993. The molecule has 136 valence electrons. The first-order chi connectivity index (χ1) is 12.4. The summed E-state index contributed by atoms with van der Waals surface area (Å²) in [7, 11) is 0. The van der Waals surface area contributed by atoms with Gasteiger partial charge < -0.3 is 10.4 Å². The van der Waals surface area contributed by atoms with Gasteiger partial charge in [0.15, 0.2) is 5.65 Å². The minimum Gasteiger partial charge on any atom is -0.481 e. The highest BCUT2D eigenvalue weighted by Crippen LogP contribution is 2.22. The van der Waals surface area contributed by atoms with Crippen LogP contribution < -0.4 is 5.32 Å². The third-order valence-corrected chi connectivity index (χ3v) is 4.65. The molecule has 0 saturated heterocycles. The van der Waals surface area contributed by atoms with Gasteiger partial charge in [0.25, 0.3) is 0 Å². The molecule has 1 aromatic carbocycles. The van der Waals surface area contributed by atoms with Crippen molar-refractivity contribution in [1.29, 1.82) is 0 Å². The monoisotopic (exact) mass is 354 g/mol. The van der Waals surface area contributed by atoms with E-state index < -0.39 is 11.9 Å². The van der Waals surface area contributed by atoms with E-state index in [4.69, 9.17) is 10.1 Å². The zero-order valence-electron chi connectivity index (χ0n) is 15.1. The van der Waals surface area contributed by atoms with Gasteiger partial charge in [0.2, 0.25) is 5.91 Å². The standard InChI is InChI=1S/C19H22N4O3/c1-11(19(25)26)10-20-17(24)9-8-14-12(2)21-18-15-6-4-5-7-16(15)22-23(18)13(14)3/h4-7,11H,8-10H2,1-3H3,(H,20,24)(H,25,26). The first kappa shape index (κ1) is 17.8. The molecular weight excluding hydrogens is 332 g/mol. The van der Waals surface area contributed by atoms with Gasteiger partial charge in [-0.15, -0.1) is 0 Å². The van der Waals surface area contributed by atoms with E-state index in [0.717, 1.165) is 33.5 Å². The number of hydrogen-bond acceptors (Lipinski definition) is 4. The maximum absolute atomic E-state index is 12.0. The first-order valence-electron chi connectivity index (χ1n) is 8.61. The molecule has 7 nitrogen and oxygen atoms in total. The summed E-state index contributed by atoms with van der Waals surface area (Å²) in [5.41, 5.74) is 4.55. The molecule has 0 aliphatic heterocycles. The number of aliphatic carboxylic acids is 1. The molecule has 1 atom stereocenters. The van der Waals surface area contributed by atoms with Crippen LogP contribution in [0.4, 0.5) is 0 Å². The Balaban J connectivity index is 1.79. The minimum atomic E-state index is -0.919. The van der Waals surface area contributed by atoms with E-state index in [1.807, 2.05) is 42.6 Å². The maximum atomic E-state index is 12.0. The van der Waals surface area contributed by atoms with Gasteiger partial charge in [-0.3, -0.25) is 9.59 Å². The Labute approximate surface area is 151 Å². The van der Waals surface area contributed by atoms with Crippen LogP contribution in [-0.4, -0.2) is 38.1 Å². The summed E-state index contributed by atoms with van der Waals surface area (Å²) in [5, 5.41) is 17.2. The summed E-state index contributed by atoms with van der Waals surface area (Å²) < 4.78 is 1.83. The van der Waals surface area contributed by atoms with Gasteiger partial charge in [0.1, 0.15) is 0 Å². The lowest BCUT2D eigenvalue weighted by atomic mass is 10.1. The van der Waals surface area contributed by atoms with Crippen molar-refractivity contribution in [3.8, 4) is 0 Å². The third kappa shape index (κ3) is 3.37. The topological polar surface area (TPSA) is 96.6 Å². The average molecular weight is 354 g/mol. The second-order valence-corrected chi connectivity index (χ2v) is 6.56. The molecule has 0 aliphatic rings. The molecule has 2 aromatic heterocycles. The van der Waals surface area contributed by atoms with E-state index in [9.17, 15) is 9.59 Å². The number of nitrogens with zero attached hydrogens (tertiary/aromatic N) is 3. The van der Waals surface area contributed by atoms with Crippen molar-refractivity contribution in [2.45, 2.75) is 33.6 Å². The highest BCUT2D eigenvalue weighted by atomic mass is 16.4. The van der Waals surface area contributed by atoms with E-state index in [0.29, 0.717) is 6.42 Å². The van der Waals surface area contributed by atoms with Crippen LogP contribution in [0.15, 0.2) is 24.3 Å². The molecule has 0 fully saturated rings. The minimum absolute atomic E-state index is 0.133. The van der Waals surface area contributed by atoms with Gasteiger partial charge >= 0.3 is 5.97 Å². The fourth-order valence-electron chi connectivity index (χ4n) is 3.02. The smallest absolute Gasteiger partial charge is 0.308 e.